The van der Waals surface area contributed by atoms with Gasteiger partial charge in [0.15, 0.2) is 0 Å². The van der Waals surface area contributed by atoms with Crippen LogP contribution in [0.5, 0.6) is 0 Å². The van der Waals surface area contributed by atoms with Crippen LogP contribution in [0.25, 0.3) is 4.47 Å². The molecule has 1 aromatic heterocycles. The van der Waals surface area contributed by atoms with E-state index in [2.05, 4.69) is 40.2 Å². The van der Waals surface area contributed by atoms with Crippen molar-refractivity contribution in [2.45, 2.75) is 19.9 Å². The Bertz CT molecular complexity index is 420. The van der Waals surface area contributed by atoms with E-state index in [1.54, 1.807) is 11.3 Å². The summed E-state index contributed by atoms with van der Waals surface area (Å²) < 4.78 is 1.53. The normalized spacial score (nSPS) is 17.6. The third kappa shape index (κ3) is 2.70. The molecule has 1 atom stereocenters. The van der Waals surface area contributed by atoms with Crippen molar-refractivity contribution in [2.24, 2.45) is 11.7 Å². The first kappa shape index (κ1) is 12.6. The van der Waals surface area contributed by atoms with Gasteiger partial charge in [-0.25, -0.2) is 0 Å². The summed E-state index contributed by atoms with van der Waals surface area (Å²) in [4.78, 5) is 8.43. The zero-order chi connectivity index (χ0) is 11.5. The SMILES string of the molecule is CC(C)C(N)c1sccc1C1=C[Se]C=C[Se]1. The van der Waals surface area contributed by atoms with Crippen molar-refractivity contribution in [1.29, 1.82) is 0 Å². The average Bonchev–Trinajstić information content (AvgIpc) is 2.77. The van der Waals surface area contributed by atoms with Gasteiger partial charge in [0, 0.05) is 0 Å². The molecular weight excluding hydrogens is 348 g/mol. The van der Waals surface area contributed by atoms with Gasteiger partial charge in [0.25, 0.3) is 0 Å². The van der Waals surface area contributed by atoms with Gasteiger partial charge in [-0.2, -0.15) is 0 Å². The van der Waals surface area contributed by atoms with E-state index in [0.717, 1.165) is 0 Å². The summed E-state index contributed by atoms with van der Waals surface area (Å²) in [7, 11) is 0. The van der Waals surface area contributed by atoms with Gasteiger partial charge in [-0.05, 0) is 0 Å². The molecule has 2 N–H and O–H groups in total. The first-order valence-electron chi connectivity index (χ1n) is 5.21. The molecule has 2 heterocycles. The molecule has 16 heavy (non-hydrogen) atoms. The number of thiophene rings is 1. The molecule has 1 aliphatic rings. The number of rotatable bonds is 3. The summed E-state index contributed by atoms with van der Waals surface area (Å²) >= 11 is 2.87. The Morgan fingerprint density at radius 3 is 2.75 bits per heavy atom. The predicted molar refractivity (Wildman–Crippen MR) is 74.7 cm³/mol. The molecule has 0 spiro atoms. The molecule has 2 rings (SSSR count). The number of hydrogen-bond acceptors (Lipinski definition) is 2. The van der Waals surface area contributed by atoms with Crippen molar-refractivity contribution in [3.63, 3.8) is 0 Å². The van der Waals surface area contributed by atoms with E-state index in [9.17, 15) is 0 Å². The van der Waals surface area contributed by atoms with Crippen LogP contribution in [0, 0.1) is 5.92 Å². The molecule has 0 amide bonds. The first-order valence-corrected chi connectivity index (χ1v) is 9.91. The Kier molecular flexibility index (Phi) is 4.48. The topological polar surface area (TPSA) is 26.0 Å². The molecule has 86 valence electrons. The molecule has 0 aliphatic carbocycles. The second kappa shape index (κ2) is 5.68. The Morgan fingerprint density at radius 2 is 2.12 bits per heavy atom. The van der Waals surface area contributed by atoms with Gasteiger partial charge in [-0.15, -0.1) is 0 Å². The monoisotopic (exact) mass is 365 g/mol. The van der Waals surface area contributed by atoms with Crippen LogP contribution in [-0.4, -0.2) is 29.9 Å². The van der Waals surface area contributed by atoms with Gasteiger partial charge >= 0.3 is 114 Å². The maximum absolute atomic E-state index is 6.27. The van der Waals surface area contributed by atoms with Gasteiger partial charge in [-0.1, -0.05) is 0 Å². The zero-order valence-corrected chi connectivity index (χ0v) is 13.6. The zero-order valence-electron chi connectivity index (χ0n) is 9.34. The Hall–Kier alpha value is 0.179. The van der Waals surface area contributed by atoms with Gasteiger partial charge in [0.05, 0.1) is 0 Å². The molecule has 0 fully saturated rings. The summed E-state index contributed by atoms with van der Waals surface area (Å²) in [6.45, 7) is 4.39. The van der Waals surface area contributed by atoms with Crippen LogP contribution < -0.4 is 5.73 Å². The number of hydrogen-bond donors (Lipinski definition) is 1. The van der Waals surface area contributed by atoms with Gasteiger partial charge < -0.3 is 0 Å². The van der Waals surface area contributed by atoms with Crippen molar-refractivity contribution >= 4 is 45.7 Å². The minimum atomic E-state index is 0.185. The van der Waals surface area contributed by atoms with Crippen molar-refractivity contribution < 1.29 is 0 Å². The Balaban J connectivity index is 2.28. The fraction of sp³-hybridized carbons (Fsp3) is 0.333. The second-order valence-electron chi connectivity index (χ2n) is 3.98. The molecule has 0 aromatic carbocycles. The third-order valence-electron chi connectivity index (χ3n) is 2.49. The summed E-state index contributed by atoms with van der Waals surface area (Å²) in [5, 5.41) is 2.18. The predicted octanol–water partition coefficient (Wildman–Crippen LogP) is 2.60. The fourth-order valence-electron chi connectivity index (χ4n) is 1.47. The minimum absolute atomic E-state index is 0.185. The van der Waals surface area contributed by atoms with Gasteiger partial charge in [-0.3, -0.25) is 0 Å². The molecule has 0 radical (unpaired) electrons. The molecule has 4 heteroatoms. The molecule has 0 saturated heterocycles. The van der Waals surface area contributed by atoms with Crippen molar-refractivity contribution in [3.8, 4) is 0 Å². The van der Waals surface area contributed by atoms with Crippen LogP contribution in [0.4, 0.5) is 0 Å². The van der Waals surface area contributed by atoms with Crippen LogP contribution in [0.1, 0.15) is 30.3 Å². The van der Waals surface area contributed by atoms with Crippen LogP contribution >= 0.6 is 11.3 Å². The van der Waals surface area contributed by atoms with E-state index in [4.69, 9.17) is 5.73 Å². The summed E-state index contributed by atoms with van der Waals surface area (Å²) in [5.74, 6) is 0.509. The Morgan fingerprint density at radius 1 is 1.31 bits per heavy atom. The van der Waals surface area contributed by atoms with Gasteiger partial charge in [0.1, 0.15) is 0 Å². The van der Waals surface area contributed by atoms with Crippen LogP contribution in [0.3, 0.4) is 0 Å². The van der Waals surface area contributed by atoms with E-state index >= 15 is 0 Å². The summed E-state index contributed by atoms with van der Waals surface area (Å²) in [6, 6.07) is 2.43. The maximum atomic E-state index is 6.27. The molecule has 1 unspecified atom stereocenters. The molecule has 1 aromatic rings. The quantitative estimate of drug-likeness (QED) is 0.821. The van der Waals surface area contributed by atoms with E-state index in [1.807, 2.05) is 0 Å². The average molecular weight is 363 g/mol. The van der Waals surface area contributed by atoms with Crippen molar-refractivity contribution in [3.05, 3.63) is 36.8 Å². The number of nitrogens with two attached hydrogens (primary N) is 1. The van der Waals surface area contributed by atoms with Crippen LogP contribution in [-0.2, 0) is 0 Å². The molecule has 1 nitrogen and oxygen atoms in total. The van der Waals surface area contributed by atoms with Gasteiger partial charge in [0.2, 0.25) is 0 Å². The molecule has 1 aliphatic heterocycles. The molecular formula is C12H15NSSe2. The second-order valence-corrected chi connectivity index (χ2v) is 8.55. The van der Waals surface area contributed by atoms with Crippen molar-refractivity contribution in [2.75, 3.05) is 0 Å². The van der Waals surface area contributed by atoms with Crippen molar-refractivity contribution in [1.82, 2.24) is 0 Å². The Labute approximate surface area is 114 Å². The summed E-state index contributed by atoms with van der Waals surface area (Å²) in [6.07, 6.45) is 0. The van der Waals surface area contributed by atoms with E-state index in [-0.39, 0.29) is 6.04 Å². The van der Waals surface area contributed by atoms with E-state index in [1.165, 1.54) is 14.9 Å². The van der Waals surface area contributed by atoms with E-state index in [0.29, 0.717) is 35.8 Å². The molecule has 0 bridgehead atoms. The fourth-order valence-corrected chi connectivity index (χ4v) is 7.23. The third-order valence-corrected chi connectivity index (χ3v) is 8.34. The molecule has 0 saturated carbocycles. The van der Waals surface area contributed by atoms with Crippen LogP contribution in [0.15, 0.2) is 26.4 Å². The standard InChI is InChI=1S/C12H15NSSe2/c1-8(2)11(13)12-9(3-4-14-12)10-7-15-5-6-16-10/h3-8,11H,13H2,1-2H3. The summed E-state index contributed by atoms with van der Waals surface area (Å²) in [5.41, 5.74) is 7.68. The van der Waals surface area contributed by atoms with E-state index < -0.39 is 0 Å². The van der Waals surface area contributed by atoms with Crippen LogP contribution in [0.2, 0.25) is 0 Å². The first-order chi connectivity index (χ1) is 7.70.